The molecule has 1 saturated heterocycles. The van der Waals surface area contributed by atoms with Crippen LogP contribution in [0.2, 0.25) is 0 Å². The smallest absolute Gasteiger partial charge is 0.150 e. The van der Waals surface area contributed by atoms with Crippen LogP contribution in [0.15, 0.2) is 24.3 Å². The second-order valence-corrected chi connectivity index (χ2v) is 4.34. The van der Waals surface area contributed by atoms with E-state index in [0.29, 0.717) is 12.2 Å². The van der Waals surface area contributed by atoms with Crippen LogP contribution in [0.25, 0.3) is 0 Å². The van der Waals surface area contributed by atoms with Gasteiger partial charge in [0, 0.05) is 25.2 Å². The van der Waals surface area contributed by atoms with E-state index in [2.05, 4.69) is 4.90 Å². The molecule has 4 nitrogen and oxygen atoms in total. The van der Waals surface area contributed by atoms with Crippen LogP contribution in [0.3, 0.4) is 0 Å². The summed E-state index contributed by atoms with van der Waals surface area (Å²) in [5.74, 6) is 0.822. The van der Waals surface area contributed by atoms with E-state index in [1.54, 1.807) is 12.1 Å². The maximum absolute atomic E-state index is 10.5. The van der Waals surface area contributed by atoms with E-state index in [1.807, 2.05) is 12.1 Å². The van der Waals surface area contributed by atoms with Gasteiger partial charge in [0.2, 0.25) is 0 Å². The van der Waals surface area contributed by atoms with E-state index in [-0.39, 0.29) is 0 Å². The minimum absolute atomic E-state index is 0.677. The molecule has 0 aliphatic carbocycles. The van der Waals surface area contributed by atoms with Crippen molar-refractivity contribution in [1.29, 1.82) is 0 Å². The lowest BCUT2D eigenvalue weighted by atomic mass is 10.2. The van der Waals surface area contributed by atoms with Crippen molar-refractivity contribution in [3.8, 4) is 5.75 Å². The number of aldehydes is 1. The van der Waals surface area contributed by atoms with E-state index in [1.165, 1.54) is 0 Å². The van der Waals surface area contributed by atoms with Crippen molar-refractivity contribution >= 4 is 6.29 Å². The van der Waals surface area contributed by atoms with Crippen molar-refractivity contribution in [2.24, 2.45) is 0 Å². The molecule has 1 aliphatic rings. The van der Waals surface area contributed by atoms with Gasteiger partial charge in [-0.2, -0.15) is 0 Å². The fourth-order valence-corrected chi connectivity index (χ4v) is 1.95. The van der Waals surface area contributed by atoms with Crippen LogP contribution in [0.5, 0.6) is 5.75 Å². The van der Waals surface area contributed by atoms with Crippen molar-refractivity contribution < 1.29 is 14.3 Å². The highest BCUT2D eigenvalue weighted by atomic mass is 16.5. The first-order valence-corrected chi connectivity index (χ1v) is 6.36. The molecule has 1 aliphatic heterocycles. The zero-order valence-corrected chi connectivity index (χ0v) is 10.5. The highest BCUT2D eigenvalue weighted by Crippen LogP contribution is 2.11. The van der Waals surface area contributed by atoms with Gasteiger partial charge in [-0.3, -0.25) is 9.69 Å². The van der Waals surface area contributed by atoms with E-state index in [4.69, 9.17) is 9.47 Å². The Bertz CT molecular complexity index is 358. The molecular formula is C14H19NO3. The highest BCUT2D eigenvalue weighted by Gasteiger charge is 2.09. The fourth-order valence-electron chi connectivity index (χ4n) is 1.95. The molecule has 0 spiro atoms. The Morgan fingerprint density at radius 1 is 1.22 bits per heavy atom. The number of benzene rings is 1. The summed E-state index contributed by atoms with van der Waals surface area (Å²) < 4.78 is 10.9. The number of carbonyl (C=O) groups is 1. The highest BCUT2D eigenvalue weighted by molar-refractivity contribution is 5.74. The Morgan fingerprint density at radius 3 is 2.61 bits per heavy atom. The van der Waals surface area contributed by atoms with Gasteiger partial charge in [0.15, 0.2) is 0 Å². The van der Waals surface area contributed by atoms with Crippen molar-refractivity contribution in [3.05, 3.63) is 29.8 Å². The average Bonchev–Trinajstić information content (AvgIpc) is 2.45. The zero-order valence-electron chi connectivity index (χ0n) is 10.5. The predicted molar refractivity (Wildman–Crippen MR) is 69.2 cm³/mol. The maximum atomic E-state index is 10.5. The van der Waals surface area contributed by atoms with Crippen LogP contribution < -0.4 is 4.74 Å². The van der Waals surface area contributed by atoms with Gasteiger partial charge in [0.1, 0.15) is 12.0 Å². The molecule has 0 amide bonds. The first-order valence-electron chi connectivity index (χ1n) is 6.36. The van der Waals surface area contributed by atoms with Gasteiger partial charge < -0.3 is 9.47 Å². The van der Waals surface area contributed by atoms with Gasteiger partial charge in [-0.1, -0.05) is 0 Å². The number of rotatable bonds is 6. The van der Waals surface area contributed by atoms with Crippen molar-refractivity contribution in [1.82, 2.24) is 4.90 Å². The third kappa shape index (κ3) is 4.13. The third-order valence-corrected chi connectivity index (χ3v) is 3.01. The lowest BCUT2D eigenvalue weighted by Crippen LogP contribution is -2.37. The SMILES string of the molecule is O=Cc1ccc(OCCCN2CCOCC2)cc1. The molecule has 18 heavy (non-hydrogen) atoms. The lowest BCUT2D eigenvalue weighted by Gasteiger charge is -2.26. The molecule has 1 fully saturated rings. The molecule has 0 bridgehead atoms. The summed E-state index contributed by atoms with van der Waals surface area (Å²) in [6.07, 6.45) is 1.84. The second-order valence-electron chi connectivity index (χ2n) is 4.34. The molecule has 0 unspecified atom stereocenters. The molecule has 2 rings (SSSR count). The number of ether oxygens (including phenoxy) is 2. The van der Waals surface area contributed by atoms with E-state index < -0.39 is 0 Å². The van der Waals surface area contributed by atoms with Gasteiger partial charge >= 0.3 is 0 Å². The molecule has 0 aromatic heterocycles. The first-order chi connectivity index (χ1) is 8.88. The molecule has 0 radical (unpaired) electrons. The van der Waals surface area contributed by atoms with E-state index in [0.717, 1.165) is 51.3 Å². The molecule has 1 heterocycles. The Kier molecular flexibility index (Phi) is 5.17. The zero-order chi connectivity index (χ0) is 12.6. The molecule has 0 atom stereocenters. The minimum atomic E-state index is 0.677. The van der Waals surface area contributed by atoms with Crippen molar-refractivity contribution in [2.45, 2.75) is 6.42 Å². The molecule has 1 aromatic rings. The number of nitrogens with zero attached hydrogens (tertiary/aromatic N) is 1. The van der Waals surface area contributed by atoms with Crippen molar-refractivity contribution in [3.63, 3.8) is 0 Å². The number of hydrogen-bond acceptors (Lipinski definition) is 4. The Morgan fingerprint density at radius 2 is 1.94 bits per heavy atom. The molecule has 98 valence electrons. The maximum Gasteiger partial charge on any atom is 0.150 e. The number of carbonyl (C=O) groups excluding carboxylic acids is 1. The molecule has 0 saturated carbocycles. The Labute approximate surface area is 107 Å². The van der Waals surface area contributed by atoms with E-state index in [9.17, 15) is 4.79 Å². The van der Waals surface area contributed by atoms with Crippen LogP contribution in [-0.2, 0) is 4.74 Å². The Balaban J connectivity index is 1.63. The van der Waals surface area contributed by atoms with Gasteiger partial charge in [-0.05, 0) is 30.7 Å². The van der Waals surface area contributed by atoms with Crippen molar-refractivity contribution in [2.75, 3.05) is 39.5 Å². The monoisotopic (exact) mass is 249 g/mol. The Hall–Kier alpha value is -1.39. The largest absolute Gasteiger partial charge is 0.494 e. The summed E-state index contributed by atoms with van der Waals surface area (Å²) in [7, 11) is 0. The minimum Gasteiger partial charge on any atom is -0.494 e. The predicted octanol–water partition coefficient (Wildman–Crippen LogP) is 1.60. The summed E-state index contributed by atoms with van der Waals surface area (Å²) in [5.41, 5.74) is 0.677. The lowest BCUT2D eigenvalue weighted by molar-refractivity contribution is 0.0358. The van der Waals surface area contributed by atoms with Crippen LogP contribution in [0.1, 0.15) is 16.8 Å². The quantitative estimate of drug-likeness (QED) is 0.567. The van der Waals surface area contributed by atoms with Crippen LogP contribution >= 0.6 is 0 Å². The molecule has 0 N–H and O–H groups in total. The van der Waals surface area contributed by atoms with E-state index >= 15 is 0 Å². The van der Waals surface area contributed by atoms with Crippen LogP contribution in [0.4, 0.5) is 0 Å². The number of hydrogen-bond donors (Lipinski definition) is 0. The summed E-state index contributed by atoms with van der Waals surface area (Å²) in [4.78, 5) is 12.9. The van der Waals surface area contributed by atoms with Crippen LogP contribution in [-0.4, -0.2) is 50.6 Å². The van der Waals surface area contributed by atoms with Gasteiger partial charge in [-0.15, -0.1) is 0 Å². The van der Waals surface area contributed by atoms with Gasteiger partial charge in [0.05, 0.1) is 19.8 Å². The van der Waals surface area contributed by atoms with Gasteiger partial charge in [-0.25, -0.2) is 0 Å². The van der Waals surface area contributed by atoms with Crippen LogP contribution in [0, 0.1) is 0 Å². The summed E-state index contributed by atoms with van der Waals surface area (Å²) in [6, 6.07) is 7.20. The molecule has 4 heteroatoms. The summed E-state index contributed by atoms with van der Waals surface area (Å²) in [6.45, 7) is 5.48. The third-order valence-electron chi connectivity index (χ3n) is 3.01. The summed E-state index contributed by atoms with van der Waals surface area (Å²) >= 11 is 0. The standard InChI is InChI=1S/C14H19NO3/c16-12-13-2-4-14(5-3-13)18-9-1-6-15-7-10-17-11-8-15/h2-5,12H,1,6-11H2. The normalized spacial score (nSPS) is 16.4. The fraction of sp³-hybridized carbons (Fsp3) is 0.500. The van der Waals surface area contributed by atoms with Gasteiger partial charge in [0.25, 0.3) is 0 Å². The second kappa shape index (κ2) is 7.13. The summed E-state index contributed by atoms with van der Waals surface area (Å²) in [5, 5.41) is 0. The molecular weight excluding hydrogens is 230 g/mol. The topological polar surface area (TPSA) is 38.8 Å². The first kappa shape index (κ1) is 13.1. The molecule has 1 aromatic carbocycles. The average molecular weight is 249 g/mol. The number of morpholine rings is 1.